The molecular weight excluding hydrogens is 534 g/mol. The van der Waals surface area contributed by atoms with E-state index < -0.39 is 0 Å². The zero-order valence-corrected chi connectivity index (χ0v) is 26.2. The summed E-state index contributed by atoms with van der Waals surface area (Å²) >= 11 is 0. The number of nitrogens with one attached hydrogen (secondary N) is 1. The van der Waals surface area contributed by atoms with Crippen LogP contribution in [0.15, 0.2) is 36.4 Å². The van der Waals surface area contributed by atoms with Gasteiger partial charge in [-0.3, -0.25) is 14.5 Å². The standard InChI is InChI=1S/C33H49N3O6/c1-24(2)35-21-28-16-26(10-12-31(28)42-15-9-7-8-14-34-32(37)22-35)11-13-33(38)36(25(3)23-39-4)20-27-17-29(40-5)19-30(18-27)41-6/h10,12,16-19,24-25H,7-9,11,13-15,20-23H2,1-6H3,(H,34,37). The van der Waals surface area contributed by atoms with Gasteiger partial charge >= 0.3 is 0 Å². The Labute approximate surface area is 251 Å². The monoisotopic (exact) mass is 583 g/mol. The largest absolute Gasteiger partial charge is 0.497 e. The van der Waals surface area contributed by atoms with Crippen molar-refractivity contribution < 1.29 is 28.5 Å². The molecule has 9 heteroatoms. The van der Waals surface area contributed by atoms with Crippen molar-refractivity contribution in [3.8, 4) is 17.2 Å². The second kappa shape index (κ2) is 17.0. The summed E-state index contributed by atoms with van der Waals surface area (Å²) in [4.78, 5) is 30.2. The fourth-order valence-corrected chi connectivity index (χ4v) is 5.12. The lowest BCUT2D eigenvalue weighted by Crippen LogP contribution is -2.40. The van der Waals surface area contributed by atoms with Gasteiger partial charge < -0.3 is 29.2 Å². The number of methoxy groups -OCH3 is 3. The fraction of sp³-hybridized carbons (Fsp3) is 0.576. The molecule has 9 nitrogen and oxygen atoms in total. The Morgan fingerprint density at radius 2 is 1.71 bits per heavy atom. The van der Waals surface area contributed by atoms with Gasteiger partial charge in [-0.25, -0.2) is 0 Å². The zero-order valence-electron chi connectivity index (χ0n) is 26.2. The van der Waals surface area contributed by atoms with Gasteiger partial charge in [0.05, 0.1) is 40.0 Å². The van der Waals surface area contributed by atoms with Crippen molar-refractivity contribution >= 4 is 11.8 Å². The predicted octanol–water partition coefficient (Wildman–Crippen LogP) is 4.59. The van der Waals surface area contributed by atoms with E-state index in [-0.39, 0.29) is 23.9 Å². The minimum Gasteiger partial charge on any atom is -0.497 e. The van der Waals surface area contributed by atoms with Gasteiger partial charge in [0.2, 0.25) is 11.8 Å². The average Bonchev–Trinajstić information content (AvgIpc) is 2.99. The first-order valence-electron chi connectivity index (χ1n) is 15.0. The van der Waals surface area contributed by atoms with Crippen LogP contribution in [0.2, 0.25) is 0 Å². The molecule has 0 spiro atoms. The molecule has 232 valence electrons. The molecule has 0 radical (unpaired) electrons. The first-order valence-corrected chi connectivity index (χ1v) is 15.0. The molecule has 2 aromatic rings. The molecule has 1 aliphatic heterocycles. The number of hydrogen-bond acceptors (Lipinski definition) is 7. The summed E-state index contributed by atoms with van der Waals surface area (Å²) in [6.45, 7) is 9.31. The lowest BCUT2D eigenvalue weighted by molar-refractivity contribution is -0.135. The Morgan fingerprint density at radius 1 is 0.976 bits per heavy atom. The molecule has 0 aliphatic carbocycles. The van der Waals surface area contributed by atoms with Crippen LogP contribution in [0.1, 0.15) is 63.1 Å². The van der Waals surface area contributed by atoms with Gasteiger partial charge in [0.25, 0.3) is 0 Å². The van der Waals surface area contributed by atoms with Gasteiger partial charge in [-0.1, -0.05) is 12.1 Å². The van der Waals surface area contributed by atoms with Gasteiger partial charge in [-0.15, -0.1) is 0 Å². The summed E-state index contributed by atoms with van der Waals surface area (Å²) in [6.07, 6.45) is 3.83. The van der Waals surface area contributed by atoms with E-state index in [0.717, 1.165) is 41.7 Å². The molecule has 0 aromatic heterocycles. The molecule has 1 atom stereocenters. The van der Waals surface area contributed by atoms with E-state index in [0.29, 0.717) is 63.7 Å². The summed E-state index contributed by atoms with van der Waals surface area (Å²) in [5, 5.41) is 3.05. The van der Waals surface area contributed by atoms with E-state index in [1.807, 2.05) is 42.2 Å². The highest BCUT2D eigenvalue weighted by Gasteiger charge is 2.22. The molecule has 0 bridgehead atoms. The molecule has 1 heterocycles. The van der Waals surface area contributed by atoms with Crippen LogP contribution >= 0.6 is 0 Å². The number of ether oxygens (including phenoxy) is 4. The van der Waals surface area contributed by atoms with Gasteiger partial charge in [-0.05, 0) is 75.8 Å². The number of aryl methyl sites for hydroxylation is 1. The molecule has 1 N–H and O–H groups in total. The maximum atomic E-state index is 13.6. The highest BCUT2D eigenvalue weighted by Crippen LogP contribution is 2.26. The Morgan fingerprint density at radius 3 is 2.38 bits per heavy atom. The van der Waals surface area contributed by atoms with Crippen molar-refractivity contribution in [3.05, 3.63) is 53.1 Å². The molecule has 0 saturated heterocycles. The van der Waals surface area contributed by atoms with Gasteiger partial charge in [0.1, 0.15) is 17.2 Å². The van der Waals surface area contributed by atoms with Crippen molar-refractivity contribution in [1.29, 1.82) is 0 Å². The highest BCUT2D eigenvalue weighted by molar-refractivity contribution is 5.78. The van der Waals surface area contributed by atoms with Crippen molar-refractivity contribution in [1.82, 2.24) is 15.1 Å². The van der Waals surface area contributed by atoms with E-state index in [1.54, 1.807) is 21.3 Å². The summed E-state index contributed by atoms with van der Waals surface area (Å²) in [6, 6.07) is 11.9. The second-order valence-corrected chi connectivity index (χ2v) is 11.2. The quantitative estimate of drug-likeness (QED) is 0.414. The number of hydrogen-bond donors (Lipinski definition) is 1. The molecule has 0 saturated carbocycles. The second-order valence-electron chi connectivity index (χ2n) is 11.2. The van der Waals surface area contributed by atoms with E-state index in [2.05, 4.69) is 30.1 Å². The van der Waals surface area contributed by atoms with Crippen LogP contribution in [0, 0.1) is 0 Å². The third-order valence-corrected chi connectivity index (χ3v) is 7.63. The van der Waals surface area contributed by atoms with Crippen molar-refractivity contribution in [2.75, 3.05) is 47.6 Å². The fourth-order valence-electron chi connectivity index (χ4n) is 5.12. The van der Waals surface area contributed by atoms with Gasteiger partial charge in [0.15, 0.2) is 0 Å². The third-order valence-electron chi connectivity index (χ3n) is 7.63. The van der Waals surface area contributed by atoms with Crippen LogP contribution in [-0.2, 0) is 33.8 Å². The Bertz CT molecular complexity index is 1130. The number of carbonyl (C=O) groups excluding carboxylic acids is 2. The maximum Gasteiger partial charge on any atom is 0.234 e. The topological polar surface area (TPSA) is 89.6 Å². The molecule has 2 amide bonds. The number of rotatable bonds is 11. The molecule has 1 aliphatic rings. The van der Waals surface area contributed by atoms with Gasteiger partial charge in [-0.2, -0.15) is 0 Å². The Balaban J connectivity index is 1.79. The highest BCUT2D eigenvalue weighted by atomic mass is 16.5. The molecule has 2 aromatic carbocycles. The van der Waals surface area contributed by atoms with E-state index >= 15 is 0 Å². The van der Waals surface area contributed by atoms with Crippen molar-refractivity contribution in [3.63, 3.8) is 0 Å². The first-order chi connectivity index (χ1) is 20.2. The summed E-state index contributed by atoms with van der Waals surface area (Å²) < 4.78 is 22.5. The molecule has 0 fully saturated rings. The van der Waals surface area contributed by atoms with Gasteiger partial charge in [0, 0.05) is 50.8 Å². The number of benzene rings is 2. The third kappa shape index (κ3) is 10.2. The molecule has 1 unspecified atom stereocenters. The van der Waals surface area contributed by atoms with Crippen LogP contribution < -0.4 is 19.5 Å². The van der Waals surface area contributed by atoms with Crippen LogP contribution in [-0.4, -0.2) is 81.3 Å². The van der Waals surface area contributed by atoms with Crippen LogP contribution in [0.3, 0.4) is 0 Å². The van der Waals surface area contributed by atoms with Crippen LogP contribution in [0.4, 0.5) is 0 Å². The normalized spacial score (nSPS) is 15.7. The minimum absolute atomic E-state index is 0.0436. The van der Waals surface area contributed by atoms with E-state index in [9.17, 15) is 9.59 Å². The average molecular weight is 584 g/mol. The van der Waals surface area contributed by atoms with Crippen molar-refractivity contribution in [2.24, 2.45) is 0 Å². The maximum absolute atomic E-state index is 13.6. The molecule has 3 rings (SSSR count). The van der Waals surface area contributed by atoms with E-state index in [4.69, 9.17) is 18.9 Å². The number of fused-ring (bicyclic) bond motifs is 1. The predicted molar refractivity (Wildman–Crippen MR) is 164 cm³/mol. The summed E-state index contributed by atoms with van der Waals surface area (Å²) in [5.74, 6) is 2.30. The number of nitrogens with zero attached hydrogens (tertiary/aromatic N) is 2. The summed E-state index contributed by atoms with van der Waals surface area (Å²) in [5.41, 5.74) is 3.02. The molecular formula is C33H49N3O6. The van der Waals surface area contributed by atoms with E-state index in [1.165, 1.54) is 0 Å². The SMILES string of the molecule is COCC(C)N(Cc1cc(OC)cc(OC)c1)C(=O)CCc1ccc2c(c1)CN(C(C)C)CC(=O)NCCCCCO2. The Hall–Kier alpha value is -3.30. The smallest absolute Gasteiger partial charge is 0.234 e. The first kappa shape index (κ1) is 33.2. The minimum atomic E-state index is -0.112. The zero-order chi connectivity index (χ0) is 30.5. The molecule has 42 heavy (non-hydrogen) atoms. The lowest BCUT2D eigenvalue weighted by Gasteiger charge is -2.29. The number of amides is 2. The van der Waals surface area contributed by atoms with Crippen molar-refractivity contribution in [2.45, 2.75) is 78.0 Å². The summed E-state index contributed by atoms with van der Waals surface area (Å²) in [7, 11) is 4.88. The van der Waals surface area contributed by atoms with Crippen LogP contribution in [0.25, 0.3) is 0 Å². The lowest BCUT2D eigenvalue weighted by atomic mass is 10.0. The van der Waals surface area contributed by atoms with Crippen LogP contribution in [0.5, 0.6) is 17.2 Å². The number of carbonyl (C=O) groups is 2. The Kier molecular flexibility index (Phi) is 13.4.